The Morgan fingerprint density at radius 2 is 1.29 bits per heavy atom. The van der Waals surface area contributed by atoms with Crippen molar-refractivity contribution in [2.45, 2.75) is 71.1 Å². The fourth-order valence-corrected chi connectivity index (χ4v) is 2.57. The number of carbonyl (C=O) groups excluding carboxylic acids is 3. The molecule has 12 nitrogen and oxygen atoms in total. The summed E-state index contributed by atoms with van der Waals surface area (Å²) in [6.07, 6.45) is 0.206. The lowest BCUT2D eigenvalue weighted by Gasteiger charge is -2.26. The Morgan fingerprint density at radius 1 is 0.806 bits per heavy atom. The van der Waals surface area contributed by atoms with Crippen molar-refractivity contribution in [2.75, 3.05) is 6.61 Å². The maximum atomic E-state index is 12.5. The normalized spacial score (nSPS) is 16.7. The highest BCUT2D eigenvalue weighted by molar-refractivity contribution is 5.95. The van der Waals surface area contributed by atoms with Gasteiger partial charge in [-0.05, 0) is 11.8 Å². The van der Waals surface area contributed by atoms with Gasteiger partial charge in [0.15, 0.2) is 0 Å². The molecule has 0 saturated heterocycles. The van der Waals surface area contributed by atoms with Crippen LogP contribution in [-0.4, -0.2) is 75.8 Å². The van der Waals surface area contributed by atoms with Gasteiger partial charge in [-0.25, -0.2) is 4.79 Å². The minimum Gasteiger partial charge on any atom is -0.481 e. The lowest BCUT2D eigenvalue weighted by molar-refractivity contribution is -0.144. The number of rotatable bonds is 14. The molecule has 178 valence electrons. The van der Waals surface area contributed by atoms with Crippen LogP contribution in [0.4, 0.5) is 0 Å². The molecule has 8 N–H and O–H groups in total. The van der Waals surface area contributed by atoms with E-state index in [-0.39, 0.29) is 5.92 Å². The van der Waals surface area contributed by atoms with Crippen molar-refractivity contribution in [3.63, 3.8) is 0 Å². The minimum absolute atomic E-state index is 0.193. The molecule has 0 radical (unpaired) electrons. The Balaban J connectivity index is 5.37. The highest BCUT2D eigenvalue weighted by Crippen LogP contribution is 2.09. The van der Waals surface area contributed by atoms with Gasteiger partial charge in [-0.15, -0.1) is 0 Å². The molecule has 0 bridgehead atoms. The van der Waals surface area contributed by atoms with Gasteiger partial charge in [-0.2, -0.15) is 0 Å². The SMILES string of the molecule is CCC(C)C(N)C(=O)NC(CO)C(=O)NC(CC(=O)O)C(=O)NC(C(=O)O)C(C)CC. The fraction of sp³-hybridized carbons (Fsp3) is 0.737. The number of carbonyl (C=O) groups is 5. The summed E-state index contributed by atoms with van der Waals surface area (Å²) in [6, 6.07) is -5.31. The third-order valence-corrected chi connectivity index (χ3v) is 5.16. The van der Waals surface area contributed by atoms with Crippen LogP contribution in [0.3, 0.4) is 0 Å². The second-order valence-electron chi connectivity index (χ2n) is 7.52. The molecule has 0 fully saturated rings. The van der Waals surface area contributed by atoms with Gasteiger partial charge in [0.1, 0.15) is 18.1 Å². The topological polar surface area (TPSA) is 208 Å². The predicted molar refractivity (Wildman–Crippen MR) is 110 cm³/mol. The van der Waals surface area contributed by atoms with E-state index in [2.05, 4.69) is 16.0 Å². The average Bonchev–Trinajstić information content (AvgIpc) is 2.72. The number of aliphatic hydroxyl groups excluding tert-OH is 1. The van der Waals surface area contributed by atoms with Crippen LogP contribution in [0.2, 0.25) is 0 Å². The highest BCUT2D eigenvalue weighted by atomic mass is 16.4. The van der Waals surface area contributed by atoms with E-state index in [9.17, 15) is 34.2 Å². The number of hydrogen-bond donors (Lipinski definition) is 7. The van der Waals surface area contributed by atoms with Crippen LogP contribution in [0.15, 0.2) is 0 Å². The van der Waals surface area contributed by atoms with Crippen molar-refractivity contribution in [1.82, 2.24) is 16.0 Å². The summed E-state index contributed by atoms with van der Waals surface area (Å²) in [4.78, 5) is 59.7. The fourth-order valence-electron chi connectivity index (χ4n) is 2.57. The van der Waals surface area contributed by atoms with Crippen LogP contribution in [-0.2, 0) is 24.0 Å². The van der Waals surface area contributed by atoms with Crippen molar-refractivity contribution in [3.8, 4) is 0 Å². The van der Waals surface area contributed by atoms with Crippen molar-refractivity contribution < 1.29 is 39.3 Å². The molecule has 0 aliphatic heterocycles. The Morgan fingerprint density at radius 3 is 1.71 bits per heavy atom. The number of amides is 3. The van der Waals surface area contributed by atoms with E-state index in [1.807, 2.05) is 6.92 Å². The Kier molecular flexibility index (Phi) is 12.4. The largest absolute Gasteiger partial charge is 0.481 e. The van der Waals surface area contributed by atoms with E-state index >= 15 is 0 Å². The second-order valence-corrected chi connectivity index (χ2v) is 7.52. The first-order chi connectivity index (χ1) is 14.4. The number of carboxylic acids is 2. The molecule has 6 unspecified atom stereocenters. The number of nitrogens with two attached hydrogens (primary N) is 1. The lowest BCUT2D eigenvalue weighted by Crippen LogP contribution is -2.59. The average molecular weight is 447 g/mol. The standard InChI is InChI=1S/C19H34N4O8/c1-5-9(3)14(20)18(29)22-12(8-24)17(28)21-11(7-13(25)26)16(27)23-15(19(30)31)10(4)6-2/h9-12,14-15,24H,5-8,20H2,1-4H3,(H,21,28)(H,22,29)(H,23,27)(H,25,26)(H,30,31). The molecule has 0 aliphatic carbocycles. The summed E-state index contributed by atoms with van der Waals surface area (Å²) in [5, 5.41) is 34.5. The van der Waals surface area contributed by atoms with Crippen molar-refractivity contribution in [1.29, 1.82) is 0 Å². The zero-order chi connectivity index (χ0) is 24.3. The molecule has 0 rings (SSSR count). The molecule has 3 amide bonds. The molecule has 0 spiro atoms. The summed E-state index contributed by atoms with van der Waals surface area (Å²) < 4.78 is 0. The maximum absolute atomic E-state index is 12.5. The van der Waals surface area contributed by atoms with E-state index in [4.69, 9.17) is 10.8 Å². The molecule has 0 aromatic heterocycles. The molecular weight excluding hydrogens is 412 g/mol. The molecular formula is C19H34N4O8. The molecule has 0 heterocycles. The van der Waals surface area contributed by atoms with Crippen LogP contribution < -0.4 is 21.7 Å². The van der Waals surface area contributed by atoms with Gasteiger partial charge in [0, 0.05) is 0 Å². The molecule has 6 atom stereocenters. The summed E-state index contributed by atoms with van der Waals surface area (Å²) >= 11 is 0. The van der Waals surface area contributed by atoms with Gasteiger partial charge >= 0.3 is 11.9 Å². The number of aliphatic hydroxyl groups is 1. The third kappa shape index (κ3) is 9.30. The highest BCUT2D eigenvalue weighted by Gasteiger charge is 2.33. The quantitative estimate of drug-likeness (QED) is 0.164. The number of carboxylic acid groups (broad SMARTS) is 2. The molecule has 0 aromatic carbocycles. The van der Waals surface area contributed by atoms with Crippen molar-refractivity contribution >= 4 is 29.7 Å². The molecule has 31 heavy (non-hydrogen) atoms. The molecule has 0 saturated carbocycles. The van der Waals surface area contributed by atoms with Crippen LogP contribution in [0.5, 0.6) is 0 Å². The van der Waals surface area contributed by atoms with E-state index in [1.54, 1.807) is 20.8 Å². The first-order valence-electron chi connectivity index (χ1n) is 10.1. The number of aliphatic carboxylic acids is 2. The predicted octanol–water partition coefficient (Wildman–Crippen LogP) is -1.59. The van der Waals surface area contributed by atoms with Gasteiger partial charge in [-0.1, -0.05) is 40.5 Å². The first kappa shape index (κ1) is 28.3. The van der Waals surface area contributed by atoms with Gasteiger partial charge < -0.3 is 37.0 Å². The Labute approximate surface area is 180 Å². The van der Waals surface area contributed by atoms with Gasteiger partial charge in [-0.3, -0.25) is 19.2 Å². The van der Waals surface area contributed by atoms with Crippen molar-refractivity contribution in [3.05, 3.63) is 0 Å². The molecule has 0 aromatic rings. The summed E-state index contributed by atoms with van der Waals surface area (Å²) in [5.41, 5.74) is 5.79. The van der Waals surface area contributed by atoms with Gasteiger partial charge in [0.25, 0.3) is 0 Å². The maximum Gasteiger partial charge on any atom is 0.326 e. The van der Waals surface area contributed by atoms with Crippen LogP contribution in [0, 0.1) is 11.8 Å². The number of nitrogens with one attached hydrogen (secondary N) is 3. The Hall–Kier alpha value is -2.73. The monoisotopic (exact) mass is 446 g/mol. The van der Waals surface area contributed by atoms with Crippen LogP contribution in [0.25, 0.3) is 0 Å². The first-order valence-corrected chi connectivity index (χ1v) is 10.1. The molecule has 0 aliphatic rings. The van der Waals surface area contributed by atoms with Gasteiger partial charge in [0.2, 0.25) is 17.7 Å². The summed E-state index contributed by atoms with van der Waals surface area (Å²) in [6.45, 7) is 6.06. The number of hydrogen-bond acceptors (Lipinski definition) is 7. The van der Waals surface area contributed by atoms with E-state index < -0.39 is 72.8 Å². The van der Waals surface area contributed by atoms with E-state index in [0.29, 0.717) is 12.8 Å². The summed E-state index contributed by atoms with van der Waals surface area (Å²) in [7, 11) is 0. The zero-order valence-electron chi connectivity index (χ0n) is 18.3. The van der Waals surface area contributed by atoms with Crippen LogP contribution in [0.1, 0.15) is 47.0 Å². The van der Waals surface area contributed by atoms with Crippen LogP contribution >= 0.6 is 0 Å². The molecule has 12 heteroatoms. The smallest absolute Gasteiger partial charge is 0.326 e. The second kappa shape index (κ2) is 13.5. The Bertz CT molecular complexity index is 657. The third-order valence-electron chi connectivity index (χ3n) is 5.16. The zero-order valence-corrected chi connectivity index (χ0v) is 18.3. The van der Waals surface area contributed by atoms with E-state index in [1.165, 1.54) is 0 Å². The minimum atomic E-state index is -1.62. The van der Waals surface area contributed by atoms with Crippen molar-refractivity contribution in [2.24, 2.45) is 17.6 Å². The lowest BCUT2D eigenvalue weighted by atomic mass is 9.98. The van der Waals surface area contributed by atoms with Gasteiger partial charge in [0.05, 0.1) is 19.1 Å². The van der Waals surface area contributed by atoms with E-state index in [0.717, 1.165) is 0 Å². The summed E-state index contributed by atoms with van der Waals surface area (Å²) in [5.74, 6) is -6.07.